The van der Waals surface area contributed by atoms with E-state index in [0.29, 0.717) is 0 Å². The van der Waals surface area contributed by atoms with Crippen LogP contribution in [0.15, 0.2) is 12.7 Å². The van der Waals surface area contributed by atoms with Gasteiger partial charge in [-0.25, -0.2) is 5.43 Å². The molecule has 0 saturated carbocycles. The summed E-state index contributed by atoms with van der Waals surface area (Å²) in [6, 6.07) is 0.259. The summed E-state index contributed by atoms with van der Waals surface area (Å²) in [6.45, 7) is 5.77. The van der Waals surface area contributed by atoms with Gasteiger partial charge in [-0.2, -0.15) is 21.7 Å². The van der Waals surface area contributed by atoms with Crippen molar-refractivity contribution in [3.05, 3.63) is 12.7 Å². The van der Waals surface area contributed by atoms with Crippen molar-refractivity contribution in [3.63, 3.8) is 0 Å². The summed E-state index contributed by atoms with van der Waals surface area (Å²) in [5.41, 5.74) is 11.4. The van der Waals surface area contributed by atoms with Crippen molar-refractivity contribution < 1.29 is 0 Å². The first-order valence-corrected chi connectivity index (χ1v) is 4.94. The number of rotatable bonds is 9. The number of nitrogens with two attached hydrogens (primary N) is 1. The van der Waals surface area contributed by atoms with E-state index in [9.17, 15) is 0 Å². The van der Waals surface area contributed by atoms with E-state index < -0.39 is 0 Å². The zero-order valence-electron chi connectivity index (χ0n) is 9.75. The van der Waals surface area contributed by atoms with Gasteiger partial charge in [0.05, 0.1) is 0 Å². The van der Waals surface area contributed by atoms with Crippen LogP contribution in [0.4, 0.5) is 0 Å². The standard InChI is InChI=1S/C8H23N7/c1-5-6-7-8(2)15(12-11-10-3)13-14(4)9/h5,8,10-13H,1,6-7,9H2,2-4H3/t8-/m0/s1. The highest BCUT2D eigenvalue weighted by Gasteiger charge is 2.12. The quantitative estimate of drug-likeness (QED) is 0.193. The second kappa shape index (κ2) is 8.74. The number of nitrogens with zero attached hydrogens (tertiary/aromatic N) is 2. The molecule has 0 spiro atoms. The van der Waals surface area contributed by atoms with E-state index in [-0.39, 0.29) is 6.04 Å². The Kier molecular flexibility index (Phi) is 8.43. The van der Waals surface area contributed by atoms with Gasteiger partial charge in [0.15, 0.2) is 0 Å². The van der Waals surface area contributed by atoms with Crippen molar-refractivity contribution in [3.8, 4) is 0 Å². The van der Waals surface area contributed by atoms with Crippen LogP contribution >= 0.6 is 0 Å². The fourth-order valence-electron chi connectivity index (χ4n) is 1.01. The summed E-state index contributed by atoms with van der Waals surface area (Å²) in [7, 11) is 3.49. The summed E-state index contributed by atoms with van der Waals surface area (Å²) in [5, 5.41) is 3.13. The molecule has 0 amide bonds. The molecule has 0 aromatic rings. The number of hydrazine groups is 6. The average molecular weight is 217 g/mol. The SMILES string of the molecule is C=CCC[C@H](C)N(NNNC)NN(C)N. The van der Waals surface area contributed by atoms with Crippen molar-refractivity contribution in [2.24, 2.45) is 5.84 Å². The van der Waals surface area contributed by atoms with Crippen LogP contribution in [0.25, 0.3) is 0 Å². The molecule has 0 aliphatic heterocycles. The third-order valence-electron chi connectivity index (χ3n) is 1.80. The fraction of sp³-hybridized carbons (Fsp3) is 0.750. The zero-order valence-corrected chi connectivity index (χ0v) is 9.75. The van der Waals surface area contributed by atoms with Crippen LogP contribution < -0.4 is 27.9 Å². The second-order valence-electron chi connectivity index (χ2n) is 3.28. The molecular weight excluding hydrogens is 194 g/mol. The fourth-order valence-corrected chi connectivity index (χ4v) is 1.01. The number of hydrogen-bond donors (Lipinski definition) is 5. The van der Waals surface area contributed by atoms with E-state index in [1.807, 2.05) is 6.08 Å². The lowest BCUT2D eigenvalue weighted by Crippen LogP contribution is -2.64. The Bertz CT molecular complexity index is 161. The molecule has 0 aliphatic rings. The minimum absolute atomic E-state index is 0.259. The van der Waals surface area contributed by atoms with Crippen LogP contribution in [-0.2, 0) is 0 Å². The largest absolute Gasteiger partial charge is 0.254 e. The first-order valence-electron chi connectivity index (χ1n) is 4.94. The topological polar surface area (TPSA) is 80.6 Å². The molecular formula is C8H23N7. The Balaban J connectivity index is 4.00. The van der Waals surface area contributed by atoms with E-state index >= 15 is 0 Å². The maximum atomic E-state index is 5.50. The predicted molar refractivity (Wildman–Crippen MR) is 61.1 cm³/mol. The first-order chi connectivity index (χ1) is 7.11. The molecule has 15 heavy (non-hydrogen) atoms. The highest BCUT2D eigenvalue weighted by atomic mass is 16.0. The van der Waals surface area contributed by atoms with Crippen LogP contribution in [0.1, 0.15) is 19.8 Å². The number of nitrogens with one attached hydrogen (secondary N) is 4. The molecule has 0 fully saturated rings. The molecule has 0 aromatic carbocycles. The monoisotopic (exact) mass is 217 g/mol. The van der Waals surface area contributed by atoms with E-state index in [0.717, 1.165) is 12.8 Å². The lowest BCUT2D eigenvalue weighted by atomic mass is 10.2. The molecule has 0 unspecified atom stereocenters. The van der Waals surface area contributed by atoms with Crippen LogP contribution in [-0.4, -0.2) is 30.4 Å². The van der Waals surface area contributed by atoms with Gasteiger partial charge < -0.3 is 0 Å². The Morgan fingerprint density at radius 3 is 2.67 bits per heavy atom. The average Bonchev–Trinajstić information content (AvgIpc) is 2.20. The van der Waals surface area contributed by atoms with E-state index in [1.54, 1.807) is 19.2 Å². The smallest absolute Gasteiger partial charge is 0.0403 e. The summed E-state index contributed by atoms with van der Waals surface area (Å²) >= 11 is 0. The van der Waals surface area contributed by atoms with Gasteiger partial charge in [-0.3, -0.25) is 5.84 Å². The molecule has 0 bridgehead atoms. The molecule has 1 atom stereocenters. The molecule has 0 rings (SSSR count). The van der Waals surface area contributed by atoms with Gasteiger partial charge in [0, 0.05) is 13.1 Å². The molecule has 0 aliphatic carbocycles. The zero-order chi connectivity index (χ0) is 11.7. The lowest BCUT2D eigenvalue weighted by Gasteiger charge is -2.31. The Morgan fingerprint density at radius 2 is 2.20 bits per heavy atom. The minimum Gasteiger partial charge on any atom is -0.254 e. The lowest BCUT2D eigenvalue weighted by molar-refractivity contribution is -0.0513. The normalized spacial score (nSPS) is 13.5. The molecule has 0 radical (unpaired) electrons. The summed E-state index contributed by atoms with van der Waals surface area (Å²) in [5.74, 6) is 5.50. The van der Waals surface area contributed by atoms with Crippen molar-refractivity contribution in [2.75, 3.05) is 14.1 Å². The summed E-state index contributed by atoms with van der Waals surface area (Å²) < 4.78 is 0. The van der Waals surface area contributed by atoms with Crippen LogP contribution in [0.3, 0.4) is 0 Å². The van der Waals surface area contributed by atoms with Crippen LogP contribution in [0.2, 0.25) is 0 Å². The second-order valence-corrected chi connectivity index (χ2v) is 3.28. The third-order valence-corrected chi connectivity index (χ3v) is 1.80. The minimum atomic E-state index is 0.259. The molecule has 0 heterocycles. The molecule has 90 valence electrons. The predicted octanol–water partition coefficient (Wildman–Crippen LogP) is -0.988. The summed E-state index contributed by atoms with van der Waals surface area (Å²) in [6.07, 6.45) is 3.82. The maximum absolute atomic E-state index is 5.50. The van der Waals surface area contributed by atoms with Gasteiger partial charge in [-0.05, 0) is 26.8 Å². The van der Waals surface area contributed by atoms with Crippen molar-refractivity contribution in [2.45, 2.75) is 25.8 Å². The van der Waals surface area contributed by atoms with Crippen molar-refractivity contribution in [1.82, 2.24) is 32.3 Å². The highest BCUT2D eigenvalue weighted by Crippen LogP contribution is 2.01. The Labute approximate surface area is 91.5 Å². The number of allylic oxidation sites excluding steroid dienone is 1. The highest BCUT2D eigenvalue weighted by molar-refractivity contribution is 4.70. The van der Waals surface area contributed by atoms with Gasteiger partial charge in [0.25, 0.3) is 0 Å². The summed E-state index contributed by atoms with van der Waals surface area (Å²) in [4.78, 5) is 0. The third kappa shape index (κ3) is 7.40. The Morgan fingerprint density at radius 1 is 1.53 bits per heavy atom. The van der Waals surface area contributed by atoms with Crippen molar-refractivity contribution in [1.29, 1.82) is 0 Å². The van der Waals surface area contributed by atoms with Gasteiger partial charge in [-0.1, -0.05) is 6.08 Å². The van der Waals surface area contributed by atoms with E-state index in [4.69, 9.17) is 5.84 Å². The van der Waals surface area contributed by atoms with Gasteiger partial charge in [-0.15, -0.1) is 11.7 Å². The molecule has 0 aromatic heterocycles. The van der Waals surface area contributed by atoms with Gasteiger partial charge in [0.2, 0.25) is 0 Å². The van der Waals surface area contributed by atoms with Gasteiger partial charge >= 0.3 is 0 Å². The van der Waals surface area contributed by atoms with Gasteiger partial charge in [0.1, 0.15) is 0 Å². The van der Waals surface area contributed by atoms with Crippen LogP contribution in [0.5, 0.6) is 0 Å². The molecule has 7 nitrogen and oxygen atoms in total. The van der Waals surface area contributed by atoms with E-state index in [2.05, 4.69) is 35.5 Å². The first kappa shape index (κ1) is 14.5. The maximum Gasteiger partial charge on any atom is 0.0403 e. The van der Waals surface area contributed by atoms with Crippen LogP contribution in [0, 0.1) is 0 Å². The molecule has 0 saturated heterocycles. The van der Waals surface area contributed by atoms with Crippen molar-refractivity contribution >= 4 is 0 Å². The Hall–Kier alpha value is -0.540. The molecule has 7 heteroatoms. The number of hydrogen-bond acceptors (Lipinski definition) is 7. The molecule has 6 N–H and O–H groups in total. The van der Waals surface area contributed by atoms with E-state index in [1.165, 1.54) is 5.12 Å².